The molecule has 0 heterocycles. The number of nitrogens with two attached hydrogens (primary N) is 1. The van der Waals surface area contributed by atoms with E-state index in [1.54, 1.807) is 0 Å². The minimum atomic E-state index is -0.325. The molecule has 0 saturated carbocycles. The highest BCUT2D eigenvalue weighted by atomic mass is 16.2. The van der Waals surface area contributed by atoms with Crippen LogP contribution in [0.1, 0.15) is 40.5 Å². The fourth-order valence-electron chi connectivity index (χ4n) is 1.25. The Balaban J connectivity index is 4.27. The van der Waals surface area contributed by atoms with Crippen molar-refractivity contribution in [2.75, 3.05) is 6.54 Å². The van der Waals surface area contributed by atoms with Gasteiger partial charge < -0.3 is 10.6 Å². The summed E-state index contributed by atoms with van der Waals surface area (Å²) in [6, 6.07) is -0.0704. The highest BCUT2D eigenvalue weighted by Crippen LogP contribution is 2.03. The molecule has 1 atom stereocenters. The maximum absolute atomic E-state index is 11.7. The lowest BCUT2D eigenvalue weighted by atomic mass is 10.2. The lowest BCUT2D eigenvalue weighted by Crippen LogP contribution is -2.46. The van der Waals surface area contributed by atoms with Crippen LogP contribution < -0.4 is 5.73 Å². The Hall–Kier alpha value is -0.570. The standard InChI is InChI=1S/C10H22N2O/c1-5-7-12(8(3)4)10(13)9(11)6-2/h8-9H,5-7,11H2,1-4H3/t9-/m1/s1. The highest BCUT2D eigenvalue weighted by molar-refractivity contribution is 5.81. The van der Waals surface area contributed by atoms with E-state index in [9.17, 15) is 4.79 Å². The van der Waals surface area contributed by atoms with Gasteiger partial charge in [0.05, 0.1) is 6.04 Å². The Kier molecular flexibility index (Phi) is 5.71. The van der Waals surface area contributed by atoms with Crippen LogP contribution in [0.3, 0.4) is 0 Å². The molecule has 0 aliphatic heterocycles. The van der Waals surface area contributed by atoms with Crippen LogP contribution in [0.2, 0.25) is 0 Å². The first-order chi connectivity index (χ1) is 6.04. The molecular formula is C10H22N2O. The van der Waals surface area contributed by atoms with E-state index in [-0.39, 0.29) is 18.0 Å². The number of nitrogens with zero attached hydrogens (tertiary/aromatic N) is 1. The SMILES string of the molecule is CCCN(C(=O)[C@H](N)CC)C(C)C. The summed E-state index contributed by atoms with van der Waals surface area (Å²) in [5.74, 6) is 0.0827. The van der Waals surface area contributed by atoms with Gasteiger partial charge in [-0.2, -0.15) is 0 Å². The molecule has 1 amide bonds. The smallest absolute Gasteiger partial charge is 0.239 e. The summed E-state index contributed by atoms with van der Waals surface area (Å²) in [6.07, 6.45) is 1.70. The van der Waals surface area contributed by atoms with Gasteiger partial charge in [-0.25, -0.2) is 0 Å². The largest absolute Gasteiger partial charge is 0.339 e. The van der Waals surface area contributed by atoms with Crippen molar-refractivity contribution >= 4 is 5.91 Å². The lowest BCUT2D eigenvalue weighted by molar-refractivity contribution is -0.134. The molecule has 78 valence electrons. The summed E-state index contributed by atoms with van der Waals surface area (Å²) in [4.78, 5) is 13.6. The first-order valence-electron chi connectivity index (χ1n) is 5.10. The van der Waals surface area contributed by atoms with Crippen LogP contribution >= 0.6 is 0 Å². The summed E-state index contributed by atoms with van der Waals surface area (Å²) in [6.45, 7) is 8.86. The third-order valence-electron chi connectivity index (χ3n) is 2.13. The van der Waals surface area contributed by atoms with E-state index in [0.29, 0.717) is 6.42 Å². The zero-order chi connectivity index (χ0) is 10.4. The molecule has 0 aromatic rings. The Labute approximate surface area is 81.3 Å². The van der Waals surface area contributed by atoms with E-state index in [2.05, 4.69) is 6.92 Å². The normalized spacial score (nSPS) is 13.1. The van der Waals surface area contributed by atoms with Gasteiger partial charge in [0.15, 0.2) is 0 Å². The van der Waals surface area contributed by atoms with Crippen LogP contribution in [0.4, 0.5) is 0 Å². The van der Waals surface area contributed by atoms with Gasteiger partial charge in [-0.15, -0.1) is 0 Å². The van der Waals surface area contributed by atoms with Crippen molar-refractivity contribution in [3.63, 3.8) is 0 Å². The zero-order valence-corrected chi connectivity index (χ0v) is 9.21. The third kappa shape index (κ3) is 3.77. The second kappa shape index (κ2) is 5.97. The predicted octanol–water partition coefficient (Wildman–Crippen LogP) is 1.37. The molecule has 0 spiro atoms. The molecule has 0 saturated heterocycles. The summed E-state index contributed by atoms with van der Waals surface area (Å²) in [7, 11) is 0. The summed E-state index contributed by atoms with van der Waals surface area (Å²) < 4.78 is 0. The van der Waals surface area contributed by atoms with Crippen LogP contribution in [-0.4, -0.2) is 29.4 Å². The van der Waals surface area contributed by atoms with Crippen molar-refractivity contribution < 1.29 is 4.79 Å². The number of carbonyl (C=O) groups excluding carboxylic acids is 1. The van der Waals surface area contributed by atoms with Gasteiger partial charge >= 0.3 is 0 Å². The molecule has 0 radical (unpaired) electrons. The average molecular weight is 186 g/mol. The summed E-state index contributed by atoms with van der Waals surface area (Å²) in [5, 5.41) is 0. The molecule has 13 heavy (non-hydrogen) atoms. The maximum Gasteiger partial charge on any atom is 0.239 e. The maximum atomic E-state index is 11.7. The van der Waals surface area contributed by atoms with Crippen LogP contribution in [0.5, 0.6) is 0 Å². The Bertz CT molecular complexity index is 157. The number of carbonyl (C=O) groups is 1. The van der Waals surface area contributed by atoms with Crippen molar-refractivity contribution in [3.8, 4) is 0 Å². The van der Waals surface area contributed by atoms with Crippen molar-refractivity contribution in [3.05, 3.63) is 0 Å². The Morgan fingerprint density at radius 2 is 1.92 bits per heavy atom. The van der Waals surface area contributed by atoms with Gasteiger partial charge in [0.25, 0.3) is 0 Å². The van der Waals surface area contributed by atoms with Crippen molar-refractivity contribution in [1.29, 1.82) is 0 Å². The number of rotatable bonds is 5. The van der Waals surface area contributed by atoms with E-state index >= 15 is 0 Å². The molecule has 0 bridgehead atoms. The van der Waals surface area contributed by atoms with E-state index in [1.165, 1.54) is 0 Å². The fourth-order valence-corrected chi connectivity index (χ4v) is 1.25. The Morgan fingerprint density at radius 3 is 2.23 bits per heavy atom. The van der Waals surface area contributed by atoms with Gasteiger partial charge in [-0.1, -0.05) is 13.8 Å². The van der Waals surface area contributed by atoms with Gasteiger partial charge in [0, 0.05) is 12.6 Å². The summed E-state index contributed by atoms with van der Waals surface area (Å²) >= 11 is 0. The first kappa shape index (κ1) is 12.4. The van der Waals surface area contributed by atoms with Crippen LogP contribution in [0, 0.1) is 0 Å². The minimum Gasteiger partial charge on any atom is -0.339 e. The van der Waals surface area contributed by atoms with Gasteiger partial charge in [-0.3, -0.25) is 4.79 Å². The Morgan fingerprint density at radius 1 is 1.38 bits per heavy atom. The number of hydrogen-bond donors (Lipinski definition) is 1. The molecule has 2 N–H and O–H groups in total. The van der Waals surface area contributed by atoms with Crippen molar-refractivity contribution in [2.24, 2.45) is 5.73 Å². The van der Waals surface area contributed by atoms with Gasteiger partial charge in [0.2, 0.25) is 5.91 Å². The molecule has 0 aliphatic carbocycles. The monoisotopic (exact) mass is 186 g/mol. The molecule has 0 aliphatic rings. The predicted molar refractivity (Wildman–Crippen MR) is 55.4 cm³/mol. The van der Waals surface area contributed by atoms with E-state index < -0.39 is 0 Å². The molecule has 3 heteroatoms. The molecule has 0 aromatic heterocycles. The summed E-state index contributed by atoms with van der Waals surface area (Å²) in [5.41, 5.74) is 5.69. The molecular weight excluding hydrogens is 164 g/mol. The molecule has 0 aromatic carbocycles. The number of amides is 1. The molecule has 0 unspecified atom stereocenters. The topological polar surface area (TPSA) is 46.3 Å². The second-order valence-electron chi connectivity index (χ2n) is 3.64. The van der Waals surface area contributed by atoms with Gasteiger partial charge in [0.1, 0.15) is 0 Å². The fraction of sp³-hybridized carbons (Fsp3) is 0.900. The van der Waals surface area contributed by atoms with Crippen molar-refractivity contribution in [1.82, 2.24) is 4.90 Å². The van der Waals surface area contributed by atoms with Crippen LogP contribution in [-0.2, 0) is 4.79 Å². The second-order valence-corrected chi connectivity index (χ2v) is 3.64. The van der Waals surface area contributed by atoms with Gasteiger partial charge in [-0.05, 0) is 26.7 Å². The highest BCUT2D eigenvalue weighted by Gasteiger charge is 2.20. The molecule has 0 fully saturated rings. The quantitative estimate of drug-likeness (QED) is 0.705. The zero-order valence-electron chi connectivity index (χ0n) is 9.21. The van der Waals surface area contributed by atoms with E-state index in [1.807, 2.05) is 25.7 Å². The van der Waals surface area contributed by atoms with E-state index in [0.717, 1.165) is 13.0 Å². The van der Waals surface area contributed by atoms with Crippen molar-refractivity contribution in [2.45, 2.75) is 52.6 Å². The van der Waals surface area contributed by atoms with Crippen LogP contribution in [0.15, 0.2) is 0 Å². The lowest BCUT2D eigenvalue weighted by Gasteiger charge is -2.28. The average Bonchev–Trinajstić information content (AvgIpc) is 2.11. The minimum absolute atomic E-state index is 0.0827. The first-order valence-corrected chi connectivity index (χ1v) is 5.10. The van der Waals surface area contributed by atoms with Crippen LogP contribution in [0.25, 0.3) is 0 Å². The molecule has 3 nitrogen and oxygen atoms in total. The molecule has 0 rings (SSSR count). The third-order valence-corrected chi connectivity index (χ3v) is 2.13. The number of hydrogen-bond acceptors (Lipinski definition) is 2. The van der Waals surface area contributed by atoms with E-state index in [4.69, 9.17) is 5.73 Å².